The summed E-state index contributed by atoms with van der Waals surface area (Å²) in [6.45, 7) is -0.196. The fraction of sp³-hybridized carbons (Fsp3) is 0.364. The van der Waals surface area contributed by atoms with Gasteiger partial charge in [0.1, 0.15) is 0 Å². The number of benzene rings is 1. The van der Waals surface area contributed by atoms with Crippen LogP contribution in [0.1, 0.15) is 12.0 Å². The van der Waals surface area contributed by atoms with E-state index in [1.54, 1.807) is 0 Å². The summed E-state index contributed by atoms with van der Waals surface area (Å²) in [6, 6.07) is 3.39. The van der Waals surface area contributed by atoms with Crippen molar-refractivity contribution in [3.8, 4) is 0 Å². The molecular weight excluding hydrogens is 297 g/mol. The van der Waals surface area contributed by atoms with Crippen molar-refractivity contribution in [1.29, 1.82) is 0 Å². The van der Waals surface area contributed by atoms with Gasteiger partial charge in [-0.2, -0.15) is 13.2 Å². The maximum absolute atomic E-state index is 12.5. The highest BCUT2D eigenvalue weighted by atomic mass is 32.2. The molecule has 1 amide bonds. The Bertz CT molecular complexity index is 585. The molecule has 0 atom stereocenters. The van der Waals surface area contributed by atoms with Crippen molar-refractivity contribution in [2.24, 2.45) is 0 Å². The van der Waals surface area contributed by atoms with Crippen LogP contribution >= 0.6 is 0 Å². The normalized spacial score (nSPS) is 12.2. The van der Waals surface area contributed by atoms with Gasteiger partial charge in [-0.25, -0.2) is 13.1 Å². The van der Waals surface area contributed by atoms with Crippen LogP contribution in [0.25, 0.3) is 0 Å². The summed E-state index contributed by atoms with van der Waals surface area (Å²) >= 11 is 0. The second-order valence-corrected chi connectivity index (χ2v) is 5.61. The Labute approximate surface area is 114 Å². The summed E-state index contributed by atoms with van der Waals surface area (Å²) in [5.41, 5.74) is -1.05. The second kappa shape index (κ2) is 6.23. The standard InChI is InChI=1S/C11H13F3N2O3S/c1-15-10(17)5-6-16-20(18,19)9-4-2-3-8(7-9)11(12,13)14/h2-4,7,16H,5-6H2,1H3,(H,15,17). The second-order valence-electron chi connectivity index (χ2n) is 3.85. The lowest BCUT2D eigenvalue weighted by Gasteiger charge is -2.10. The van der Waals surface area contributed by atoms with Crippen molar-refractivity contribution < 1.29 is 26.4 Å². The molecule has 1 aromatic carbocycles. The van der Waals surface area contributed by atoms with E-state index < -0.39 is 26.7 Å². The number of hydrogen-bond acceptors (Lipinski definition) is 3. The average molecular weight is 310 g/mol. The number of amides is 1. The number of hydrogen-bond donors (Lipinski definition) is 2. The molecule has 0 aliphatic heterocycles. The van der Waals surface area contributed by atoms with Crippen LogP contribution in [-0.4, -0.2) is 27.9 Å². The van der Waals surface area contributed by atoms with E-state index in [9.17, 15) is 26.4 Å². The maximum atomic E-state index is 12.5. The summed E-state index contributed by atoms with van der Waals surface area (Å²) in [7, 11) is -2.68. The Balaban J connectivity index is 2.85. The average Bonchev–Trinajstić information content (AvgIpc) is 2.37. The minimum absolute atomic E-state index is 0.102. The van der Waals surface area contributed by atoms with Crippen molar-refractivity contribution in [2.75, 3.05) is 13.6 Å². The lowest BCUT2D eigenvalue weighted by molar-refractivity contribution is -0.137. The molecule has 9 heteroatoms. The molecule has 1 aromatic rings. The van der Waals surface area contributed by atoms with E-state index in [2.05, 4.69) is 10.0 Å². The topological polar surface area (TPSA) is 75.3 Å². The molecule has 1 rings (SSSR count). The Kier molecular flexibility index (Phi) is 5.12. The van der Waals surface area contributed by atoms with Gasteiger partial charge >= 0.3 is 6.18 Å². The third-order valence-electron chi connectivity index (χ3n) is 2.39. The Morgan fingerprint density at radius 3 is 2.50 bits per heavy atom. The van der Waals surface area contributed by atoms with Crippen LogP contribution in [-0.2, 0) is 21.0 Å². The summed E-state index contributed by atoms with van der Waals surface area (Å²) < 4.78 is 63.1. The van der Waals surface area contributed by atoms with Gasteiger partial charge in [-0.3, -0.25) is 4.79 Å². The molecule has 0 aromatic heterocycles. The SMILES string of the molecule is CNC(=O)CCNS(=O)(=O)c1cccc(C(F)(F)F)c1. The number of rotatable bonds is 5. The molecule has 112 valence electrons. The highest BCUT2D eigenvalue weighted by molar-refractivity contribution is 7.89. The van der Waals surface area contributed by atoms with Gasteiger partial charge in [0.2, 0.25) is 15.9 Å². The van der Waals surface area contributed by atoms with Crippen LogP contribution in [0, 0.1) is 0 Å². The van der Waals surface area contributed by atoms with Gasteiger partial charge in [-0.1, -0.05) is 6.07 Å². The molecule has 0 radical (unpaired) electrons. The number of nitrogens with one attached hydrogen (secondary N) is 2. The minimum atomic E-state index is -4.62. The van der Waals surface area contributed by atoms with Crippen molar-refractivity contribution >= 4 is 15.9 Å². The van der Waals surface area contributed by atoms with E-state index >= 15 is 0 Å². The van der Waals surface area contributed by atoms with E-state index in [0.29, 0.717) is 6.07 Å². The van der Waals surface area contributed by atoms with Gasteiger partial charge in [0, 0.05) is 20.0 Å². The Morgan fingerprint density at radius 2 is 1.95 bits per heavy atom. The van der Waals surface area contributed by atoms with Crippen LogP contribution in [0.5, 0.6) is 0 Å². The van der Waals surface area contributed by atoms with Gasteiger partial charge in [0.05, 0.1) is 10.5 Å². The van der Waals surface area contributed by atoms with Gasteiger partial charge in [0.25, 0.3) is 0 Å². The van der Waals surface area contributed by atoms with Gasteiger partial charge in [0.15, 0.2) is 0 Å². The first kappa shape index (κ1) is 16.4. The van der Waals surface area contributed by atoms with E-state index in [0.717, 1.165) is 18.2 Å². The van der Waals surface area contributed by atoms with Crippen LogP contribution in [0.4, 0.5) is 13.2 Å². The highest BCUT2D eigenvalue weighted by Crippen LogP contribution is 2.30. The van der Waals surface area contributed by atoms with Gasteiger partial charge < -0.3 is 5.32 Å². The maximum Gasteiger partial charge on any atom is 0.416 e. The number of sulfonamides is 1. The summed E-state index contributed by atoms with van der Waals surface area (Å²) in [4.78, 5) is 10.4. The fourth-order valence-corrected chi connectivity index (χ4v) is 2.42. The third kappa shape index (κ3) is 4.49. The molecule has 2 N–H and O–H groups in total. The molecule has 5 nitrogen and oxygen atoms in total. The van der Waals surface area contributed by atoms with Crippen LogP contribution in [0.15, 0.2) is 29.2 Å². The predicted molar refractivity (Wildman–Crippen MR) is 65.3 cm³/mol. The van der Waals surface area contributed by atoms with Crippen molar-refractivity contribution in [3.05, 3.63) is 29.8 Å². The fourth-order valence-electron chi connectivity index (χ4n) is 1.35. The first-order chi connectivity index (χ1) is 9.16. The van der Waals surface area contributed by atoms with E-state index in [1.807, 2.05) is 0 Å². The Hall–Kier alpha value is -1.61. The predicted octanol–water partition coefficient (Wildman–Crippen LogP) is 1.12. The van der Waals surface area contributed by atoms with E-state index in [4.69, 9.17) is 0 Å². The summed E-state index contributed by atoms with van der Waals surface area (Å²) in [6.07, 6.45) is -4.72. The summed E-state index contributed by atoms with van der Waals surface area (Å²) in [5.74, 6) is -0.378. The number of carbonyl (C=O) groups excluding carboxylic acids is 1. The van der Waals surface area contributed by atoms with E-state index in [1.165, 1.54) is 7.05 Å². The monoisotopic (exact) mass is 310 g/mol. The molecule has 0 saturated carbocycles. The zero-order valence-electron chi connectivity index (χ0n) is 10.5. The minimum Gasteiger partial charge on any atom is -0.359 e. The van der Waals surface area contributed by atoms with Crippen molar-refractivity contribution in [2.45, 2.75) is 17.5 Å². The van der Waals surface area contributed by atoms with E-state index in [-0.39, 0.29) is 18.9 Å². The Morgan fingerprint density at radius 1 is 1.30 bits per heavy atom. The molecule has 0 bridgehead atoms. The quantitative estimate of drug-likeness (QED) is 0.856. The molecular formula is C11H13F3N2O3S. The van der Waals surface area contributed by atoms with Gasteiger partial charge in [-0.05, 0) is 18.2 Å². The molecule has 0 unspecified atom stereocenters. The summed E-state index contributed by atoms with van der Waals surface area (Å²) in [5, 5.41) is 2.30. The number of alkyl halides is 3. The molecule has 0 saturated heterocycles. The first-order valence-corrected chi connectivity index (χ1v) is 7.02. The molecule has 0 aliphatic carbocycles. The number of carbonyl (C=O) groups is 1. The lowest BCUT2D eigenvalue weighted by atomic mass is 10.2. The zero-order valence-corrected chi connectivity index (χ0v) is 11.3. The zero-order chi connectivity index (χ0) is 15.4. The third-order valence-corrected chi connectivity index (χ3v) is 3.85. The molecule has 0 spiro atoms. The van der Waals surface area contributed by atoms with Crippen LogP contribution < -0.4 is 10.0 Å². The first-order valence-electron chi connectivity index (χ1n) is 5.54. The van der Waals surface area contributed by atoms with Crippen LogP contribution in [0.2, 0.25) is 0 Å². The van der Waals surface area contributed by atoms with Crippen molar-refractivity contribution in [1.82, 2.24) is 10.0 Å². The van der Waals surface area contributed by atoms with Crippen LogP contribution in [0.3, 0.4) is 0 Å². The molecule has 0 heterocycles. The number of halogens is 3. The highest BCUT2D eigenvalue weighted by Gasteiger charge is 2.31. The largest absolute Gasteiger partial charge is 0.416 e. The van der Waals surface area contributed by atoms with Crippen molar-refractivity contribution in [3.63, 3.8) is 0 Å². The lowest BCUT2D eigenvalue weighted by Crippen LogP contribution is -2.29. The smallest absolute Gasteiger partial charge is 0.359 e. The molecule has 20 heavy (non-hydrogen) atoms. The molecule has 0 fully saturated rings. The van der Waals surface area contributed by atoms with Gasteiger partial charge in [-0.15, -0.1) is 0 Å². The molecule has 0 aliphatic rings.